The molecule has 0 spiro atoms. The van der Waals surface area contributed by atoms with E-state index in [4.69, 9.17) is 0 Å². The van der Waals surface area contributed by atoms with E-state index in [2.05, 4.69) is 42.0 Å². The number of carbonyl (C=O) groups is 1. The van der Waals surface area contributed by atoms with Crippen LogP contribution in [0.25, 0.3) is 0 Å². The fourth-order valence-corrected chi connectivity index (χ4v) is 2.44. The van der Waals surface area contributed by atoms with E-state index in [-0.39, 0.29) is 36.2 Å². The smallest absolute Gasteiger partial charge is 0.224 e. The monoisotopic (exact) mass is 345 g/mol. The summed E-state index contributed by atoms with van der Waals surface area (Å²) in [5, 5.41) is 12.1. The molecule has 0 aliphatic heterocycles. The molecule has 0 aliphatic rings. The first kappa shape index (κ1) is 17.1. The molecule has 2 N–H and O–H groups in total. The Labute approximate surface area is 127 Å². The van der Waals surface area contributed by atoms with Crippen molar-refractivity contribution < 1.29 is 14.3 Å². The van der Waals surface area contributed by atoms with Crippen molar-refractivity contribution in [2.75, 3.05) is 6.61 Å². The highest BCUT2D eigenvalue weighted by Crippen LogP contribution is 2.21. The molecule has 112 valence electrons. The number of benzene rings is 1. The van der Waals surface area contributed by atoms with Gasteiger partial charge in [0.1, 0.15) is 5.82 Å². The average Bonchev–Trinajstić information content (AvgIpc) is 2.31. The summed E-state index contributed by atoms with van der Waals surface area (Å²) >= 11 is 3.09. The Bertz CT molecular complexity index is 471. The van der Waals surface area contributed by atoms with Crippen LogP contribution in [-0.4, -0.2) is 23.7 Å². The van der Waals surface area contributed by atoms with Crippen LogP contribution < -0.4 is 5.32 Å². The van der Waals surface area contributed by atoms with Crippen LogP contribution in [0.15, 0.2) is 22.7 Å². The number of carbonyl (C=O) groups excluding carboxylic acids is 1. The molecular formula is C15H21BrFNO2. The summed E-state index contributed by atoms with van der Waals surface area (Å²) in [5.41, 5.74) is 0.753. The lowest BCUT2D eigenvalue weighted by Crippen LogP contribution is -2.40. The van der Waals surface area contributed by atoms with Crippen molar-refractivity contribution in [3.63, 3.8) is 0 Å². The molecule has 0 heterocycles. The maximum atomic E-state index is 13.1. The summed E-state index contributed by atoms with van der Waals surface area (Å²) in [6.07, 6.45) is 0.863. The lowest BCUT2D eigenvalue weighted by atomic mass is 9.88. The molecule has 1 unspecified atom stereocenters. The number of halogens is 2. The van der Waals surface area contributed by atoms with Gasteiger partial charge in [-0.1, -0.05) is 26.8 Å². The van der Waals surface area contributed by atoms with Crippen molar-refractivity contribution in [3.05, 3.63) is 34.1 Å². The quantitative estimate of drug-likeness (QED) is 0.861. The average molecular weight is 346 g/mol. The third-order valence-corrected chi connectivity index (χ3v) is 3.40. The van der Waals surface area contributed by atoms with Crippen LogP contribution in [-0.2, 0) is 11.2 Å². The summed E-state index contributed by atoms with van der Waals surface area (Å²) in [6, 6.07) is 4.24. The maximum absolute atomic E-state index is 13.1. The van der Waals surface area contributed by atoms with E-state index in [0.29, 0.717) is 10.9 Å². The predicted molar refractivity (Wildman–Crippen MR) is 80.9 cm³/mol. The second kappa shape index (κ2) is 7.18. The van der Waals surface area contributed by atoms with Crippen LogP contribution in [0, 0.1) is 11.2 Å². The summed E-state index contributed by atoms with van der Waals surface area (Å²) in [7, 11) is 0. The van der Waals surface area contributed by atoms with Gasteiger partial charge in [-0.25, -0.2) is 4.39 Å². The first-order chi connectivity index (χ1) is 9.21. The molecule has 1 atom stereocenters. The van der Waals surface area contributed by atoms with Crippen LogP contribution in [0.3, 0.4) is 0 Å². The second-order valence-electron chi connectivity index (χ2n) is 6.14. The van der Waals surface area contributed by atoms with Gasteiger partial charge in [-0.3, -0.25) is 4.79 Å². The molecule has 0 saturated heterocycles. The van der Waals surface area contributed by atoms with E-state index in [1.54, 1.807) is 12.1 Å². The van der Waals surface area contributed by atoms with Gasteiger partial charge in [0.15, 0.2) is 0 Å². The SMILES string of the molecule is CC(C)(C)CC(CO)NC(=O)Cc1ccc(F)c(Br)c1. The van der Waals surface area contributed by atoms with Crippen molar-refractivity contribution in [2.24, 2.45) is 5.41 Å². The second-order valence-corrected chi connectivity index (χ2v) is 6.99. The lowest BCUT2D eigenvalue weighted by molar-refractivity contribution is -0.121. The highest BCUT2D eigenvalue weighted by molar-refractivity contribution is 9.10. The molecule has 1 rings (SSSR count). The van der Waals surface area contributed by atoms with Crippen LogP contribution in [0.2, 0.25) is 0 Å². The number of amides is 1. The Morgan fingerprint density at radius 3 is 2.60 bits per heavy atom. The molecular weight excluding hydrogens is 325 g/mol. The van der Waals surface area contributed by atoms with E-state index >= 15 is 0 Å². The van der Waals surface area contributed by atoms with Gasteiger partial charge in [-0.2, -0.15) is 0 Å². The number of aliphatic hydroxyl groups excluding tert-OH is 1. The zero-order valence-corrected chi connectivity index (χ0v) is 13.6. The van der Waals surface area contributed by atoms with E-state index in [9.17, 15) is 14.3 Å². The number of nitrogens with one attached hydrogen (secondary N) is 1. The van der Waals surface area contributed by atoms with Crippen molar-refractivity contribution in [1.82, 2.24) is 5.32 Å². The van der Waals surface area contributed by atoms with E-state index < -0.39 is 0 Å². The van der Waals surface area contributed by atoms with E-state index in [1.165, 1.54) is 6.07 Å². The molecule has 1 amide bonds. The summed E-state index contributed by atoms with van der Waals surface area (Å²) < 4.78 is 13.4. The first-order valence-corrected chi connectivity index (χ1v) is 7.35. The zero-order valence-electron chi connectivity index (χ0n) is 12.0. The van der Waals surface area contributed by atoms with Gasteiger partial charge >= 0.3 is 0 Å². The molecule has 5 heteroatoms. The van der Waals surface area contributed by atoms with Gasteiger partial charge in [0.2, 0.25) is 5.91 Å². The number of rotatable bonds is 5. The Morgan fingerprint density at radius 1 is 1.45 bits per heavy atom. The number of aliphatic hydroxyl groups is 1. The summed E-state index contributed by atoms with van der Waals surface area (Å²) in [4.78, 5) is 11.9. The Morgan fingerprint density at radius 2 is 2.10 bits per heavy atom. The Hall–Kier alpha value is -0.940. The highest BCUT2D eigenvalue weighted by atomic mass is 79.9. The van der Waals surface area contributed by atoms with Crippen LogP contribution >= 0.6 is 15.9 Å². The van der Waals surface area contributed by atoms with E-state index in [0.717, 1.165) is 5.56 Å². The largest absolute Gasteiger partial charge is 0.394 e. The third kappa shape index (κ3) is 6.01. The van der Waals surface area contributed by atoms with Crippen molar-refractivity contribution in [3.8, 4) is 0 Å². The van der Waals surface area contributed by atoms with Crippen LogP contribution in [0.5, 0.6) is 0 Å². The predicted octanol–water partition coefficient (Wildman–Crippen LogP) is 3.04. The van der Waals surface area contributed by atoms with E-state index in [1.807, 2.05) is 0 Å². The van der Waals surface area contributed by atoms with Gasteiger partial charge in [-0.05, 0) is 45.5 Å². The highest BCUT2D eigenvalue weighted by Gasteiger charge is 2.19. The number of hydrogen-bond donors (Lipinski definition) is 2. The molecule has 3 nitrogen and oxygen atoms in total. The van der Waals surface area contributed by atoms with Crippen molar-refractivity contribution >= 4 is 21.8 Å². The normalized spacial score (nSPS) is 13.1. The topological polar surface area (TPSA) is 49.3 Å². The Balaban J connectivity index is 2.59. The van der Waals surface area contributed by atoms with Gasteiger partial charge in [-0.15, -0.1) is 0 Å². The van der Waals surface area contributed by atoms with Gasteiger partial charge in [0.05, 0.1) is 23.5 Å². The third-order valence-electron chi connectivity index (χ3n) is 2.79. The minimum absolute atomic E-state index is 0.0274. The molecule has 0 saturated carbocycles. The van der Waals surface area contributed by atoms with Crippen LogP contribution in [0.4, 0.5) is 4.39 Å². The minimum atomic E-state index is -0.352. The Kier molecular flexibility index (Phi) is 6.14. The molecule has 0 aromatic heterocycles. The standard InChI is InChI=1S/C15H21BrFNO2/c1-15(2,3)8-11(9-19)18-14(20)7-10-4-5-13(17)12(16)6-10/h4-6,11,19H,7-9H2,1-3H3,(H,18,20). The molecule has 1 aromatic rings. The van der Waals surface area contributed by atoms with Gasteiger partial charge in [0, 0.05) is 0 Å². The van der Waals surface area contributed by atoms with Crippen molar-refractivity contribution in [2.45, 2.75) is 39.7 Å². The fraction of sp³-hybridized carbons (Fsp3) is 0.533. The van der Waals surface area contributed by atoms with Crippen molar-refractivity contribution in [1.29, 1.82) is 0 Å². The molecule has 0 fully saturated rings. The molecule has 0 radical (unpaired) electrons. The minimum Gasteiger partial charge on any atom is -0.394 e. The molecule has 1 aromatic carbocycles. The van der Waals surface area contributed by atoms with Gasteiger partial charge in [0.25, 0.3) is 0 Å². The first-order valence-electron chi connectivity index (χ1n) is 6.55. The number of hydrogen-bond acceptors (Lipinski definition) is 2. The van der Waals surface area contributed by atoms with Crippen LogP contribution in [0.1, 0.15) is 32.8 Å². The lowest BCUT2D eigenvalue weighted by Gasteiger charge is -2.25. The fourth-order valence-electron chi connectivity index (χ4n) is 2.01. The maximum Gasteiger partial charge on any atom is 0.224 e. The molecule has 0 bridgehead atoms. The van der Waals surface area contributed by atoms with Gasteiger partial charge < -0.3 is 10.4 Å². The summed E-state index contributed by atoms with van der Waals surface area (Å²) in [6.45, 7) is 6.08. The molecule has 0 aliphatic carbocycles. The molecule has 20 heavy (non-hydrogen) atoms. The zero-order chi connectivity index (χ0) is 15.3. The summed E-state index contributed by atoms with van der Waals surface area (Å²) in [5.74, 6) is -0.526.